The Balaban J connectivity index is 1.44. The number of nitrogens with zero attached hydrogens (tertiary/aromatic N) is 6. The standard InChI is InChI=1S/C92H162N12O8/c1-65(2)35-23-41-71(13)47-29-55-107-79-61-77(62-80(108-56-30-48-72(14)42-24-36-66(3)4)83(79)111-59-33-51-75(17)45-27-39-69(9)10)85-97-87(93)101-89(99-85)103-91(105)95-53-21-19-20-22-54-96-92(106)104-90-100-86(98-88(94)102-90)78-63-81(109-57-31-49-73(15)43-25-37-67(5)6)84(112-60-34-52-76(18)46-28-40-70(11)12)82(64-78)110-58-32-50-74(16)44-26-38-68(7)8/h61-76H,19-60H2,1-18H3,(H4,93,95,97,99,101,103,105)(H4,94,96,98,100,102,104,106). The van der Waals surface area contributed by atoms with Crippen LogP contribution < -0.4 is 61.2 Å². The van der Waals surface area contributed by atoms with Crippen molar-refractivity contribution in [3.63, 3.8) is 0 Å². The summed E-state index contributed by atoms with van der Waals surface area (Å²) in [6.45, 7) is 45.5. The predicted octanol–water partition coefficient (Wildman–Crippen LogP) is 24.8. The van der Waals surface area contributed by atoms with Crippen molar-refractivity contribution in [2.45, 2.75) is 343 Å². The Hall–Kier alpha value is -6.60. The van der Waals surface area contributed by atoms with Crippen LogP contribution in [-0.2, 0) is 0 Å². The molecule has 0 aliphatic carbocycles. The van der Waals surface area contributed by atoms with Gasteiger partial charge in [0.1, 0.15) is 0 Å². The van der Waals surface area contributed by atoms with Crippen molar-refractivity contribution in [1.29, 1.82) is 0 Å². The number of rotatable bonds is 65. The minimum absolute atomic E-state index is 0.0132. The molecule has 4 rings (SSSR count). The zero-order chi connectivity index (χ0) is 82.0. The van der Waals surface area contributed by atoms with Crippen LogP contribution in [0.3, 0.4) is 0 Å². The lowest BCUT2D eigenvalue weighted by atomic mass is 9.96. The summed E-state index contributed by atoms with van der Waals surface area (Å²) in [6, 6.07) is 6.68. The fourth-order valence-electron chi connectivity index (χ4n) is 14.4. The maximum atomic E-state index is 13.5. The van der Waals surface area contributed by atoms with E-state index < -0.39 is 12.1 Å². The first-order valence-corrected chi connectivity index (χ1v) is 44.9. The zero-order valence-electron chi connectivity index (χ0n) is 74.0. The molecule has 2 heterocycles. The van der Waals surface area contributed by atoms with Crippen LogP contribution in [0.2, 0.25) is 0 Å². The highest BCUT2D eigenvalue weighted by atomic mass is 16.5. The van der Waals surface area contributed by atoms with Crippen molar-refractivity contribution in [3.8, 4) is 57.3 Å². The van der Waals surface area contributed by atoms with Gasteiger partial charge in [0.05, 0.1) is 39.6 Å². The second-order valence-electron chi connectivity index (χ2n) is 36.0. The van der Waals surface area contributed by atoms with E-state index in [0.29, 0.717) is 182 Å². The average molecular weight is 1560 g/mol. The van der Waals surface area contributed by atoms with E-state index >= 15 is 0 Å². The number of hydrogen-bond acceptors (Lipinski definition) is 16. The molecule has 638 valence electrons. The second kappa shape index (κ2) is 57.4. The van der Waals surface area contributed by atoms with E-state index in [4.69, 9.17) is 49.9 Å². The van der Waals surface area contributed by atoms with Gasteiger partial charge in [0, 0.05) is 24.2 Å². The van der Waals surface area contributed by atoms with Gasteiger partial charge in [0.2, 0.25) is 35.3 Å². The number of ether oxygens (including phenoxy) is 6. The molecule has 4 aromatic rings. The van der Waals surface area contributed by atoms with Gasteiger partial charge in [-0.1, -0.05) is 253 Å². The van der Waals surface area contributed by atoms with E-state index in [1.54, 1.807) is 0 Å². The van der Waals surface area contributed by atoms with Gasteiger partial charge in [-0.15, -0.1) is 0 Å². The van der Waals surface area contributed by atoms with Crippen molar-refractivity contribution in [2.24, 2.45) is 71.0 Å². The Morgan fingerprint density at radius 3 is 0.741 bits per heavy atom. The van der Waals surface area contributed by atoms with Gasteiger partial charge >= 0.3 is 12.1 Å². The number of unbranched alkanes of at least 4 members (excludes halogenated alkanes) is 3. The molecule has 6 unspecified atom stereocenters. The number of carbonyl (C=O) groups excluding carboxylic acids is 2. The van der Waals surface area contributed by atoms with Crippen LogP contribution in [-0.4, -0.2) is 94.7 Å². The quantitative estimate of drug-likeness (QED) is 0.0224. The van der Waals surface area contributed by atoms with Crippen LogP contribution in [0.4, 0.5) is 33.4 Å². The monoisotopic (exact) mass is 1560 g/mol. The first kappa shape index (κ1) is 97.8. The van der Waals surface area contributed by atoms with E-state index in [9.17, 15) is 9.59 Å². The lowest BCUT2D eigenvalue weighted by Crippen LogP contribution is -2.31. The molecule has 4 amide bonds. The van der Waals surface area contributed by atoms with Gasteiger partial charge in [0.15, 0.2) is 34.6 Å². The molecule has 2 aromatic heterocycles. The molecule has 0 aliphatic heterocycles. The maximum Gasteiger partial charge on any atom is 0.321 e. The van der Waals surface area contributed by atoms with Crippen molar-refractivity contribution in [1.82, 2.24) is 40.5 Å². The van der Waals surface area contributed by atoms with E-state index in [-0.39, 0.29) is 35.4 Å². The molecule has 0 radical (unpaired) electrons. The van der Waals surface area contributed by atoms with Gasteiger partial charge in [-0.2, -0.15) is 29.9 Å². The third kappa shape index (κ3) is 45.5. The summed E-state index contributed by atoms with van der Waals surface area (Å²) >= 11 is 0. The summed E-state index contributed by atoms with van der Waals surface area (Å²) in [4.78, 5) is 54.2. The highest BCUT2D eigenvalue weighted by Crippen LogP contribution is 2.44. The highest BCUT2D eigenvalue weighted by Gasteiger charge is 2.24. The van der Waals surface area contributed by atoms with E-state index in [0.717, 1.165) is 89.9 Å². The molecule has 0 spiro atoms. The summed E-state index contributed by atoms with van der Waals surface area (Å²) in [5.74, 6) is 11.7. The molecule has 0 fully saturated rings. The van der Waals surface area contributed by atoms with Crippen molar-refractivity contribution in [3.05, 3.63) is 24.3 Å². The normalized spacial score (nSPS) is 13.4. The minimum atomic E-state index is -0.474. The predicted molar refractivity (Wildman–Crippen MR) is 467 cm³/mol. The van der Waals surface area contributed by atoms with Crippen LogP contribution in [0, 0.1) is 71.0 Å². The number of hydrogen-bond donors (Lipinski definition) is 6. The fourth-order valence-corrected chi connectivity index (χ4v) is 14.4. The molecule has 20 heteroatoms. The Labute approximate surface area is 681 Å². The molecule has 0 saturated carbocycles. The third-order valence-electron chi connectivity index (χ3n) is 21.4. The summed E-state index contributed by atoms with van der Waals surface area (Å²) in [7, 11) is 0. The van der Waals surface area contributed by atoms with Crippen LogP contribution in [0.1, 0.15) is 343 Å². The SMILES string of the molecule is CC(C)CCCC(C)CCCOc1cc(-c2nc(N)nc(NC(=O)NCCCCCCNC(=O)Nc3nc(N)nc(-c4cc(OCCCC(C)CCCC(C)C)c(OCCCC(C)CCCC(C)C)c(OCCCC(C)CCCC(C)C)c4)n3)n2)cc(OCCCC(C)CCCC(C)C)c1OCCCC(C)CCCC(C)C. The summed E-state index contributed by atoms with van der Waals surface area (Å²) in [6.07, 6.45) is 36.9. The van der Waals surface area contributed by atoms with Crippen LogP contribution in [0.15, 0.2) is 24.3 Å². The third-order valence-corrected chi connectivity index (χ3v) is 21.4. The van der Waals surface area contributed by atoms with Gasteiger partial charge in [0.25, 0.3) is 0 Å². The Bertz CT molecular complexity index is 2850. The number of carbonyl (C=O) groups is 2. The number of aromatic nitrogens is 6. The summed E-state index contributed by atoms with van der Waals surface area (Å²) in [5.41, 5.74) is 14.0. The lowest BCUT2D eigenvalue weighted by molar-refractivity contribution is 0.227. The zero-order valence-corrected chi connectivity index (χ0v) is 74.0. The molecular weight excluding hydrogens is 1400 g/mol. The number of nitrogen functional groups attached to an aromatic ring is 2. The van der Waals surface area contributed by atoms with Crippen molar-refractivity contribution in [2.75, 3.05) is 74.8 Å². The molecule has 0 bridgehead atoms. The van der Waals surface area contributed by atoms with Crippen LogP contribution >= 0.6 is 0 Å². The molecule has 6 atom stereocenters. The van der Waals surface area contributed by atoms with E-state index in [1.807, 2.05) is 24.3 Å². The molecule has 20 nitrogen and oxygen atoms in total. The Kier molecular flexibility index (Phi) is 50.1. The topological polar surface area (TPSA) is 267 Å². The first-order valence-electron chi connectivity index (χ1n) is 44.9. The summed E-state index contributed by atoms with van der Waals surface area (Å²) in [5, 5.41) is 11.5. The smallest absolute Gasteiger partial charge is 0.321 e. The number of benzene rings is 2. The molecular formula is C92H162N12O8. The van der Waals surface area contributed by atoms with Crippen molar-refractivity contribution >= 4 is 35.9 Å². The molecule has 0 saturated heterocycles. The molecule has 8 N–H and O–H groups in total. The molecule has 112 heavy (non-hydrogen) atoms. The first-order chi connectivity index (χ1) is 53.6. The molecule has 2 aromatic carbocycles. The second-order valence-corrected chi connectivity index (χ2v) is 36.0. The van der Waals surface area contributed by atoms with E-state index in [1.165, 1.54) is 116 Å². The van der Waals surface area contributed by atoms with E-state index in [2.05, 4.69) is 166 Å². The lowest BCUT2D eigenvalue weighted by Gasteiger charge is -2.20. The Morgan fingerprint density at radius 1 is 0.286 bits per heavy atom. The van der Waals surface area contributed by atoms with Crippen LogP contribution in [0.25, 0.3) is 22.8 Å². The maximum absolute atomic E-state index is 13.5. The number of urea groups is 2. The highest BCUT2D eigenvalue weighted by molar-refractivity contribution is 5.88. The van der Waals surface area contributed by atoms with Gasteiger partial charge in [-0.25, -0.2) is 9.59 Å². The number of anilines is 4. The fraction of sp³-hybridized carbons (Fsp3) is 0.783. The van der Waals surface area contributed by atoms with Crippen LogP contribution in [0.5, 0.6) is 34.5 Å². The minimum Gasteiger partial charge on any atom is -0.490 e. The average Bonchev–Trinajstić information content (AvgIpc) is 0.804. The summed E-state index contributed by atoms with van der Waals surface area (Å²) < 4.78 is 40.3. The van der Waals surface area contributed by atoms with Gasteiger partial charge < -0.3 is 50.5 Å². The number of nitrogens with two attached hydrogens (primary N) is 2. The van der Waals surface area contributed by atoms with Crippen molar-refractivity contribution < 1.29 is 38.0 Å². The Morgan fingerprint density at radius 2 is 0.509 bits per heavy atom. The van der Waals surface area contributed by atoms with Gasteiger partial charge in [-0.3, -0.25) is 10.6 Å². The largest absolute Gasteiger partial charge is 0.490 e. The number of nitrogens with one attached hydrogen (secondary N) is 4. The van der Waals surface area contributed by atoms with Gasteiger partial charge in [-0.05, 0) is 185 Å². The number of amides is 4. The molecule has 0 aliphatic rings.